The summed E-state index contributed by atoms with van der Waals surface area (Å²) in [5, 5.41) is 3.52. The minimum atomic E-state index is 0.291. The van der Waals surface area contributed by atoms with Crippen LogP contribution in [0.4, 0.5) is 0 Å². The summed E-state index contributed by atoms with van der Waals surface area (Å²) in [6, 6.07) is 9.05. The molecule has 1 aromatic heterocycles. The first-order valence-electron chi connectivity index (χ1n) is 6.93. The smallest absolute Gasteiger partial charge is 0.127 e. The summed E-state index contributed by atoms with van der Waals surface area (Å²) < 4.78 is 7.78. The zero-order valence-electron chi connectivity index (χ0n) is 11.8. The van der Waals surface area contributed by atoms with E-state index in [0.29, 0.717) is 18.2 Å². The van der Waals surface area contributed by atoms with Gasteiger partial charge in [-0.3, -0.25) is 0 Å². The Labute approximate surface area is 113 Å². The van der Waals surface area contributed by atoms with Crippen molar-refractivity contribution in [1.82, 2.24) is 14.9 Å². The van der Waals surface area contributed by atoms with Crippen LogP contribution in [-0.2, 0) is 4.74 Å². The largest absolute Gasteiger partial charge is 0.380 e. The summed E-state index contributed by atoms with van der Waals surface area (Å²) in [5.74, 6) is 1.13. The molecule has 0 aliphatic carbocycles. The number of nitrogens with one attached hydrogen (secondary N) is 1. The molecule has 0 spiro atoms. The van der Waals surface area contributed by atoms with Crippen molar-refractivity contribution in [2.24, 2.45) is 0 Å². The van der Waals surface area contributed by atoms with Gasteiger partial charge in [0.15, 0.2) is 0 Å². The predicted molar refractivity (Wildman–Crippen MR) is 76.3 cm³/mol. The van der Waals surface area contributed by atoms with Gasteiger partial charge in [0.25, 0.3) is 0 Å². The molecule has 102 valence electrons. The number of hydrogen-bond acceptors (Lipinski definition) is 3. The zero-order valence-corrected chi connectivity index (χ0v) is 11.8. The quantitative estimate of drug-likeness (QED) is 0.921. The van der Waals surface area contributed by atoms with Gasteiger partial charge in [-0.05, 0) is 32.4 Å². The van der Waals surface area contributed by atoms with Gasteiger partial charge in [0.1, 0.15) is 5.82 Å². The maximum absolute atomic E-state index is 5.44. The number of hydrogen-bond donors (Lipinski definition) is 1. The maximum Gasteiger partial charge on any atom is 0.127 e. The predicted octanol–water partition coefficient (Wildman–Crippen LogP) is 2.67. The number of nitrogens with zero attached hydrogens (tertiary/aromatic N) is 2. The summed E-state index contributed by atoms with van der Waals surface area (Å²) in [7, 11) is 1.78. The monoisotopic (exact) mass is 259 g/mol. The molecule has 0 bridgehead atoms. The van der Waals surface area contributed by atoms with Crippen LogP contribution >= 0.6 is 0 Å². The third-order valence-electron chi connectivity index (χ3n) is 3.88. The van der Waals surface area contributed by atoms with Crippen molar-refractivity contribution in [3.8, 4) is 0 Å². The van der Waals surface area contributed by atoms with Gasteiger partial charge in [0.05, 0.1) is 23.2 Å². The van der Waals surface area contributed by atoms with Crippen LogP contribution in [0.15, 0.2) is 24.3 Å². The molecule has 19 heavy (non-hydrogen) atoms. The van der Waals surface area contributed by atoms with Crippen LogP contribution in [0.25, 0.3) is 11.0 Å². The Morgan fingerprint density at radius 1 is 1.37 bits per heavy atom. The number of para-hydroxylation sites is 2. The molecule has 1 fully saturated rings. The highest BCUT2D eigenvalue weighted by Gasteiger charge is 2.29. The third kappa shape index (κ3) is 2.15. The van der Waals surface area contributed by atoms with E-state index < -0.39 is 0 Å². The molecule has 2 aromatic rings. The number of benzene rings is 1. The summed E-state index contributed by atoms with van der Waals surface area (Å²) >= 11 is 0. The standard InChI is InChI=1S/C15H21N3O/c1-10(2)18-14-7-5-4-6-12(14)17-15(18)13-8-11(19-3)9-16-13/h4-7,10-11,13,16H,8-9H2,1-3H3. The van der Waals surface area contributed by atoms with E-state index in [0.717, 1.165) is 24.3 Å². The molecular formula is C15H21N3O. The SMILES string of the molecule is COC1CNC(c2nc3ccccc3n2C(C)C)C1. The number of ether oxygens (including phenoxy) is 1. The highest BCUT2D eigenvalue weighted by molar-refractivity contribution is 5.76. The molecule has 1 aliphatic rings. The molecule has 0 amide bonds. The Kier molecular flexibility index (Phi) is 3.29. The number of fused-ring (bicyclic) bond motifs is 1. The van der Waals surface area contributed by atoms with Crippen LogP contribution in [0.5, 0.6) is 0 Å². The summed E-state index contributed by atoms with van der Waals surface area (Å²) in [6.07, 6.45) is 1.29. The van der Waals surface area contributed by atoms with Crippen LogP contribution in [0.3, 0.4) is 0 Å². The van der Waals surface area contributed by atoms with Gasteiger partial charge in [-0.2, -0.15) is 0 Å². The van der Waals surface area contributed by atoms with Crippen molar-refractivity contribution in [1.29, 1.82) is 0 Å². The fourth-order valence-electron chi connectivity index (χ4n) is 2.93. The van der Waals surface area contributed by atoms with Gasteiger partial charge in [0, 0.05) is 19.7 Å². The number of aromatic nitrogens is 2. The normalized spacial score (nSPS) is 23.6. The van der Waals surface area contributed by atoms with Crippen molar-refractivity contribution in [3.63, 3.8) is 0 Å². The third-order valence-corrected chi connectivity index (χ3v) is 3.88. The number of rotatable bonds is 3. The van der Waals surface area contributed by atoms with Gasteiger partial charge in [-0.1, -0.05) is 12.1 Å². The molecule has 4 heteroatoms. The molecule has 3 rings (SSSR count). The van der Waals surface area contributed by atoms with Gasteiger partial charge in [-0.15, -0.1) is 0 Å². The lowest BCUT2D eigenvalue weighted by Gasteiger charge is -2.17. The van der Waals surface area contributed by atoms with Crippen LogP contribution in [0, 0.1) is 0 Å². The molecule has 1 N–H and O–H groups in total. The van der Waals surface area contributed by atoms with Crippen LogP contribution in [0.2, 0.25) is 0 Å². The van der Waals surface area contributed by atoms with E-state index in [1.165, 1.54) is 5.52 Å². The fourth-order valence-corrected chi connectivity index (χ4v) is 2.93. The number of imidazole rings is 1. The molecule has 1 aromatic carbocycles. The van der Waals surface area contributed by atoms with Gasteiger partial charge >= 0.3 is 0 Å². The first kappa shape index (κ1) is 12.6. The van der Waals surface area contributed by atoms with Crippen molar-refractivity contribution in [2.45, 2.75) is 38.5 Å². The van der Waals surface area contributed by atoms with E-state index in [4.69, 9.17) is 9.72 Å². The van der Waals surface area contributed by atoms with Crippen molar-refractivity contribution in [2.75, 3.05) is 13.7 Å². The number of methoxy groups -OCH3 is 1. The van der Waals surface area contributed by atoms with Crippen LogP contribution in [0.1, 0.15) is 38.2 Å². The molecule has 1 aliphatic heterocycles. The second-order valence-corrected chi connectivity index (χ2v) is 5.48. The Hall–Kier alpha value is -1.39. The van der Waals surface area contributed by atoms with Crippen molar-refractivity contribution < 1.29 is 4.74 Å². The summed E-state index contributed by atoms with van der Waals surface area (Å²) in [4.78, 5) is 4.83. The van der Waals surface area contributed by atoms with E-state index in [9.17, 15) is 0 Å². The van der Waals surface area contributed by atoms with Crippen LogP contribution in [-0.4, -0.2) is 29.3 Å². The molecule has 0 saturated carbocycles. The summed E-state index contributed by atoms with van der Waals surface area (Å²) in [6.45, 7) is 5.32. The molecule has 2 atom stereocenters. The second kappa shape index (κ2) is 4.94. The molecule has 2 unspecified atom stereocenters. The highest BCUT2D eigenvalue weighted by atomic mass is 16.5. The zero-order chi connectivity index (χ0) is 13.4. The fraction of sp³-hybridized carbons (Fsp3) is 0.533. The lowest BCUT2D eigenvalue weighted by molar-refractivity contribution is 0.117. The van der Waals surface area contributed by atoms with Gasteiger partial charge < -0.3 is 14.6 Å². The maximum atomic E-state index is 5.44. The molecule has 1 saturated heterocycles. The topological polar surface area (TPSA) is 39.1 Å². The average Bonchev–Trinajstić information content (AvgIpc) is 3.02. The van der Waals surface area contributed by atoms with Crippen molar-refractivity contribution in [3.05, 3.63) is 30.1 Å². The van der Waals surface area contributed by atoms with E-state index >= 15 is 0 Å². The Balaban J connectivity index is 2.05. The van der Waals surface area contributed by atoms with Crippen LogP contribution < -0.4 is 5.32 Å². The van der Waals surface area contributed by atoms with Gasteiger partial charge in [0.2, 0.25) is 0 Å². The van der Waals surface area contributed by atoms with Gasteiger partial charge in [-0.25, -0.2) is 4.98 Å². The molecule has 4 nitrogen and oxygen atoms in total. The lowest BCUT2D eigenvalue weighted by atomic mass is 10.2. The highest BCUT2D eigenvalue weighted by Crippen LogP contribution is 2.29. The first-order chi connectivity index (χ1) is 9.20. The molecular weight excluding hydrogens is 238 g/mol. The van der Waals surface area contributed by atoms with Crippen molar-refractivity contribution >= 4 is 11.0 Å². The molecule has 2 heterocycles. The van der Waals surface area contributed by atoms with E-state index in [-0.39, 0.29) is 0 Å². The second-order valence-electron chi connectivity index (χ2n) is 5.48. The molecule has 0 radical (unpaired) electrons. The minimum absolute atomic E-state index is 0.291. The van der Waals surface area contributed by atoms with E-state index in [2.05, 4.69) is 41.9 Å². The Bertz CT molecular complexity index is 576. The Morgan fingerprint density at radius 3 is 2.84 bits per heavy atom. The summed E-state index contributed by atoms with van der Waals surface area (Å²) in [5.41, 5.74) is 2.30. The van der Waals surface area contributed by atoms with E-state index in [1.807, 2.05) is 6.07 Å². The van der Waals surface area contributed by atoms with E-state index in [1.54, 1.807) is 7.11 Å². The lowest BCUT2D eigenvalue weighted by Crippen LogP contribution is -2.19. The average molecular weight is 259 g/mol. The Morgan fingerprint density at radius 2 is 2.16 bits per heavy atom. The first-order valence-corrected chi connectivity index (χ1v) is 6.93. The minimum Gasteiger partial charge on any atom is -0.380 e.